The van der Waals surface area contributed by atoms with Crippen molar-refractivity contribution in [3.8, 4) is 0 Å². The quantitative estimate of drug-likeness (QED) is 0.875. The number of likely N-dealkylation sites (N-methyl/N-ethyl adjacent to an activating group) is 1. The number of hydrogen-bond donors (Lipinski definition) is 1. The lowest BCUT2D eigenvalue weighted by Crippen LogP contribution is -2.30. The maximum atomic E-state index is 8.98. The van der Waals surface area contributed by atoms with Crippen molar-refractivity contribution in [3.63, 3.8) is 0 Å². The molecule has 0 saturated carbocycles. The van der Waals surface area contributed by atoms with Crippen LogP contribution in [0.25, 0.3) is 0 Å². The summed E-state index contributed by atoms with van der Waals surface area (Å²) < 4.78 is 0. The first kappa shape index (κ1) is 12.0. The van der Waals surface area contributed by atoms with Gasteiger partial charge in [-0.3, -0.25) is 0 Å². The van der Waals surface area contributed by atoms with Crippen LogP contribution in [0.1, 0.15) is 34.3 Å². The smallest absolute Gasteiger partial charge is 0.0974 e. The molecular weight excluding hydrogens is 220 g/mol. The van der Waals surface area contributed by atoms with Crippen molar-refractivity contribution in [2.75, 3.05) is 26.7 Å². The van der Waals surface area contributed by atoms with Crippen molar-refractivity contribution in [1.29, 1.82) is 0 Å². The number of aliphatic hydroxyl groups excluding tert-OH is 1. The molecule has 3 nitrogen and oxygen atoms in total. The summed E-state index contributed by atoms with van der Waals surface area (Å²) in [6.45, 7) is 4.63. The van der Waals surface area contributed by atoms with Crippen LogP contribution >= 0.6 is 11.3 Å². The van der Waals surface area contributed by atoms with Gasteiger partial charge in [0.1, 0.15) is 0 Å². The van der Waals surface area contributed by atoms with Gasteiger partial charge in [-0.2, -0.15) is 0 Å². The second kappa shape index (κ2) is 5.25. The van der Waals surface area contributed by atoms with E-state index in [2.05, 4.69) is 23.9 Å². The van der Waals surface area contributed by atoms with Crippen LogP contribution in [-0.4, -0.2) is 41.7 Å². The van der Waals surface area contributed by atoms with Gasteiger partial charge in [-0.25, -0.2) is 4.98 Å². The molecule has 90 valence electrons. The van der Waals surface area contributed by atoms with Gasteiger partial charge in [0.25, 0.3) is 0 Å². The Bertz CT molecular complexity index is 351. The van der Waals surface area contributed by atoms with Crippen LogP contribution in [0, 0.1) is 6.92 Å². The molecule has 1 saturated heterocycles. The number of rotatable bonds is 3. The van der Waals surface area contributed by atoms with Gasteiger partial charge in [-0.1, -0.05) is 0 Å². The Morgan fingerprint density at radius 3 is 3.06 bits per heavy atom. The van der Waals surface area contributed by atoms with Crippen molar-refractivity contribution in [3.05, 3.63) is 15.6 Å². The van der Waals surface area contributed by atoms with Crippen LogP contribution in [0.15, 0.2) is 0 Å². The number of thiazole rings is 1. The van der Waals surface area contributed by atoms with Crippen LogP contribution in [-0.2, 0) is 6.42 Å². The van der Waals surface area contributed by atoms with Gasteiger partial charge in [0.2, 0.25) is 0 Å². The van der Waals surface area contributed by atoms with Crippen LogP contribution in [0.3, 0.4) is 0 Å². The van der Waals surface area contributed by atoms with E-state index in [0.717, 1.165) is 18.7 Å². The number of aromatic nitrogens is 1. The number of aryl methyl sites for hydroxylation is 1. The second-order valence-corrected chi connectivity index (χ2v) is 5.75. The molecule has 1 atom stereocenters. The highest BCUT2D eigenvalue weighted by molar-refractivity contribution is 7.11. The van der Waals surface area contributed by atoms with Crippen molar-refractivity contribution < 1.29 is 5.11 Å². The van der Waals surface area contributed by atoms with E-state index in [-0.39, 0.29) is 6.61 Å². The van der Waals surface area contributed by atoms with E-state index in [4.69, 9.17) is 5.11 Å². The van der Waals surface area contributed by atoms with E-state index >= 15 is 0 Å². The zero-order valence-corrected chi connectivity index (χ0v) is 10.9. The Morgan fingerprint density at radius 1 is 1.56 bits per heavy atom. The van der Waals surface area contributed by atoms with E-state index < -0.39 is 0 Å². The average Bonchev–Trinajstić information content (AvgIpc) is 2.61. The Kier molecular flexibility index (Phi) is 3.95. The molecule has 1 aliphatic rings. The van der Waals surface area contributed by atoms with Gasteiger partial charge in [0.05, 0.1) is 10.7 Å². The Morgan fingerprint density at radius 2 is 2.38 bits per heavy atom. The second-order valence-electron chi connectivity index (χ2n) is 4.64. The number of hydrogen-bond acceptors (Lipinski definition) is 4. The average molecular weight is 240 g/mol. The van der Waals surface area contributed by atoms with E-state index in [1.807, 2.05) is 0 Å². The molecule has 1 aliphatic heterocycles. The summed E-state index contributed by atoms with van der Waals surface area (Å²) in [6, 6.07) is 0. The van der Waals surface area contributed by atoms with Gasteiger partial charge >= 0.3 is 0 Å². The molecule has 4 heteroatoms. The molecule has 2 rings (SSSR count). The van der Waals surface area contributed by atoms with Gasteiger partial charge in [0.15, 0.2) is 0 Å². The van der Waals surface area contributed by atoms with Crippen LogP contribution in [0.4, 0.5) is 0 Å². The summed E-state index contributed by atoms with van der Waals surface area (Å²) in [6.07, 6.45) is 3.29. The molecule has 0 aromatic carbocycles. The van der Waals surface area contributed by atoms with E-state index in [9.17, 15) is 0 Å². The fourth-order valence-corrected chi connectivity index (χ4v) is 3.51. The Labute approximate surface area is 101 Å². The molecule has 0 spiro atoms. The highest BCUT2D eigenvalue weighted by Gasteiger charge is 2.22. The van der Waals surface area contributed by atoms with E-state index in [0.29, 0.717) is 5.92 Å². The van der Waals surface area contributed by atoms with Crippen molar-refractivity contribution in [2.45, 2.75) is 32.1 Å². The fourth-order valence-electron chi connectivity index (χ4n) is 2.33. The van der Waals surface area contributed by atoms with E-state index in [1.54, 1.807) is 11.3 Å². The molecule has 0 amide bonds. The zero-order chi connectivity index (χ0) is 11.5. The maximum Gasteiger partial charge on any atom is 0.0974 e. The highest BCUT2D eigenvalue weighted by atomic mass is 32.1. The Hall–Kier alpha value is -0.450. The van der Waals surface area contributed by atoms with Crippen molar-refractivity contribution in [1.82, 2.24) is 9.88 Å². The summed E-state index contributed by atoms with van der Waals surface area (Å²) >= 11 is 1.79. The number of nitrogens with zero attached hydrogens (tertiary/aromatic N) is 2. The largest absolute Gasteiger partial charge is 0.396 e. The first-order valence-electron chi connectivity index (χ1n) is 5.96. The first-order valence-corrected chi connectivity index (χ1v) is 6.78. The van der Waals surface area contributed by atoms with Crippen LogP contribution in [0.2, 0.25) is 0 Å². The lowest BCUT2D eigenvalue weighted by atomic mass is 9.99. The Balaban J connectivity index is 2.10. The summed E-state index contributed by atoms with van der Waals surface area (Å²) in [5.74, 6) is 0.606. The zero-order valence-electron chi connectivity index (χ0n) is 10.1. The molecule has 0 bridgehead atoms. The van der Waals surface area contributed by atoms with Gasteiger partial charge in [-0.15, -0.1) is 11.3 Å². The minimum atomic E-state index is 0.229. The lowest BCUT2D eigenvalue weighted by Gasteiger charge is -2.28. The van der Waals surface area contributed by atoms with Crippen molar-refractivity contribution >= 4 is 11.3 Å². The molecule has 1 fully saturated rings. The van der Waals surface area contributed by atoms with Crippen LogP contribution in [0.5, 0.6) is 0 Å². The molecule has 2 heterocycles. The molecule has 0 aliphatic carbocycles. The minimum Gasteiger partial charge on any atom is -0.396 e. The predicted octanol–water partition coefficient (Wildman–Crippen LogP) is 1.80. The van der Waals surface area contributed by atoms with Crippen LogP contribution < -0.4 is 0 Å². The third-order valence-electron chi connectivity index (χ3n) is 3.22. The number of piperidine rings is 1. The molecule has 1 aromatic rings. The summed E-state index contributed by atoms with van der Waals surface area (Å²) in [5.41, 5.74) is 1.11. The molecular formula is C12H20N2OS. The highest BCUT2D eigenvalue weighted by Crippen LogP contribution is 2.31. The third-order valence-corrected chi connectivity index (χ3v) is 4.60. The summed E-state index contributed by atoms with van der Waals surface area (Å²) in [4.78, 5) is 8.31. The molecule has 1 unspecified atom stereocenters. The maximum absolute atomic E-state index is 8.98. The van der Waals surface area contributed by atoms with Gasteiger partial charge in [0, 0.05) is 30.4 Å². The standard InChI is InChI=1S/C12H20N2OS/c1-9-11(5-7-15)16-12(13-9)10-4-3-6-14(2)8-10/h10,15H,3-8H2,1-2H3. The molecule has 0 radical (unpaired) electrons. The molecule has 16 heavy (non-hydrogen) atoms. The minimum absolute atomic E-state index is 0.229. The fraction of sp³-hybridized carbons (Fsp3) is 0.750. The number of aliphatic hydroxyl groups is 1. The summed E-state index contributed by atoms with van der Waals surface area (Å²) in [7, 11) is 2.18. The SMILES string of the molecule is Cc1nc(C2CCCN(C)C2)sc1CCO. The normalized spacial score (nSPS) is 22.6. The monoisotopic (exact) mass is 240 g/mol. The third kappa shape index (κ3) is 2.62. The topological polar surface area (TPSA) is 36.4 Å². The summed E-state index contributed by atoms with van der Waals surface area (Å²) in [5, 5.41) is 10.2. The van der Waals surface area contributed by atoms with Gasteiger partial charge in [-0.05, 0) is 33.4 Å². The predicted molar refractivity (Wildman–Crippen MR) is 67.1 cm³/mol. The van der Waals surface area contributed by atoms with Gasteiger partial charge < -0.3 is 10.0 Å². The molecule has 1 aromatic heterocycles. The van der Waals surface area contributed by atoms with E-state index in [1.165, 1.54) is 29.3 Å². The van der Waals surface area contributed by atoms with Crippen molar-refractivity contribution in [2.24, 2.45) is 0 Å². The number of likely N-dealkylation sites (tertiary alicyclic amines) is 1. The molecule has 1 N–H and O–H groups in total. The lowest BCUT2D eigenvalue weighted by molar-refractivity contribution is 0.250. The first-order chi connectivity index (χ1) is 7.70.